The molecular weight excluding hydrogens is 234 g/mol. The molecule has 1 aromatic carbocycles. The average molecular weight is 257 g/mol. The maximum atomic E-state index is 9.34. The highest BCUT2D eigenvalue weighted by atomic mass is 15.1. The van der Waals surface area contributed by atoms with E-state index in [4.69, 9.17) is 0 Å². The van der Waals surface area contributed by atoms with E-state index < -0.39 is 0 Å². The quantitative estimate of drug-likeness (QED) is 0.881. The maximum Gasteiger partial charge on any atom is 0.101 e. The largest absolute Gasteiger partial charge is 0.371 e. The van der Waals surface area contributed by atoms with Crippen molar-refractivity contribution in [3.8, 4) is 6.07 Å². The van der Waals surface area contributed by atoms with Crippen LogP contribution in [0.3, 0.4) is 0 Å². The van der Waals surface area contributed by atoms with E-state index in [0.29, 0.717) is 12.1 Å². The first-order chi connectivity index (χ1) is 9.11. The van der Waals surface area contributed by atoms with E-state index in [9.17, 15) is 5.26 Å². The fourth-order valence-electron chi connectivity index (χ4n) is 2.38. The molecule has 19 heavy (non-hydrogen) atoms. The minimum atomic E-state index is 0.461. The molecule has 0 atom stereocenters. The first-order valence-corrected chi connectivity index (χ1v) is 7.11. The Labute approximate surface area is 116 Å². The van der Waals surface area contributed by atoms with Gasteiger partial charge in [0.15, 0.2) is 0 Å². The lowest BCUT2D eigenvalue weighted by Crippen LogP contribution is -2.37. The summed E-state index contributed by atoms with van der Waals surface area (Å²) in [7, 11) is 2.10. The molecule has 0 aromatic heterocycles. The van der Waals surface area contributed by atoms with Crippen molar-refractivity contribution in [1.82, 2.24) is 5.32 Å². The van der Waals surface area contributed by atoms with Gasteiger partial charge in [-0.15, -0.1) is 0 Å². The van der Waals surface area contributed by atoms with E-state index in [1.165, 1.54) is 24.8 Å². The molecule has 0 saturated heterocycles. The molecule has 0 spiro atoms. The summed E-state index contributed by atoms with van der Waals surface area (Å²) in [5, 5.41) is 12.7. The topological polar surface area (TPSA) is 39.1 Å². The fourth-order valence-corrected chi connectivity index (χ4v) is 2.38. The van der Waals surface area contributed by atoms with Gasteiger partial charge in [-0.05, 0) is 37.0 Å². The van der Waals surface area contributed by atoms with Gasteiger partial charge in [-0.25, -0.2) is 0 Å². The Balaban J connectivity index is 2.14. The van der Waals surface area contributed by atoms with Crippen LogP contribution < -0.4 is 10.2 Å². The van der Waals surface area contributed by atoms with Crippen molar-refractivity contribution < 1.29 is 0 Å². The number of benzene rings is 1. The molecule has 0 radical (unpaired) electrons. The van der Waals surface area contributed by atoms with E-state index >= 15 is 0 Å². The summed E-state index contributed by atoms with van der Waals surface area (Å²) in [6.07, 6.45) is 3.81. The van der Waals surface area contributed by atoms with Gasteiger partial charge in [0.25, 0.3) is 0 Å². The standard InChI is InChI=1S/C16H23N3/c1-12(2)18-11-13-7-8-16(14(9-13)10-17)19(3)15-5-4-6-15/h7-9,12,15,18H,4-6,11H2,1-3H3. The highest BCUT2D eigenvalue weighted by Gasteiger charge is 2.23. The zero-order chi connectivity index (χ0) is 13.8. The molecule has 0 amide bonds. The molecule has 1 fully saturated rings. The van der Waals surface area contributed by atoms with Crippen molar-refractivity contribution >= 4 is 5.69 Å². The van der Waals surface area contributed by atoms with E-state index in [1.807, 2.05) is 6.07 Å². The summed E-state index contributed by atoms with van der Waals surface area (Å²) in [4.78, 5) is 2.27. The molecule has 0 heterocycles. The Morgan fingerprint density at radius 1 is 1.42 bits per heavy atom. The maximum absolute atomic E-state index is 9.34. The van der Waals surface area contributed by atoms with Crippen LogP contribution in [0.4, 0.5) is 5.69 Å². The van der Waals surface area contributed by atoms with Crippen molar-refractivity contribution in [2.24, 2.45) is 0 Å². The predicted octanol–water partition coefficient (Wildman–Crippen LogP) is 3.04. The molecule has 3 nitrogen and oxygen atoms in total. The minimum Gasteiger partial charge on any atom is -0.371 e. The zero-order valence-electron chi connectivity index (χ0n) is 12.1. The lowest BCUT2D eigenvalue weighted by Gasteiger charge is -2.36. The third kappa shape index (κ3) is 3.27. The molecule has 2 rings (SSSR count). The van der Waals surface area contributed by atoms with Gasteiger partial charge in [0.2, 0.25) is 0 Å². The molecule has 0 aliphatic heterocycles. The van der Waals surface area contributed by atoms with E-state index in [0.717, 1.165) is 17.8 Å². The number of nitrogens with one attached hydrogen (secondary N) is 1. The molecule has 1 saturated carbocycles. The Morgan fingerprint density at radius 3 is 2.68 bits per heavy atom. The van der Waals surface area contributed by atoms with Crippen LogP contribution in [0.5, 0.6) is 0 Å². The van der Waals surface area contributed by atoms with Gasteiger partial charge in [-0.1, -0.05) is 19.9 Å². The van der Waals surface area contributed by atoms with Crippen molar-refractivity contribution in [2.75, 3.05) is 11.9 Å². The summed E-state index contributed by atoms with van der Waals surface area (Å²) >= 11 is 0. The molecular formula is C16H23N3. The smallest absolute Gasteiger partial charge is 0.101 e. The summed E-state index contributed by atoms with van der Waals surface area (Å²) < 4.78 is 0. The van der Waals surface area contributed by atoms with Crippen LogP contribution in [0.25, 0.3) is 0 Å². The third-order valence-corrected chi connectivity index (χ3v) is 3.90. The summed E-state index contributed by atoms with van der Waals surface area (Å²) in [5.74, 6) is 0. The van der Waals surface area contributed by atoms with Crippen LogP contribution in [0.1, 0.15) is 44.2 Å². The Morgan fingerprint density at radius 2 is 2.16 bits per heavy atom. The van der Waals surface area contributed by atoms with Crippen LogP contribution in [-0.4, -0.2) is 19.1 Å². The number of hydrogen-bond acceptors (Lipinski definition) is 3. The molecule has 0 unspecified atom stereocenters. The number of rotatable bonds is 5. The van der Waals surface area contributed by atoms with Gasteiger partial charge in [0.05, 0.1) is 11.3 Å². The molecule has 1 N–H and O–H groups in total. The van der Waals surface area contributed by atoms with Crippen LogP contribution in [0.2, 0.25) is 0 Å². The van der Waals surface area contributed by atoms with Gasteiger partial charge >= 0.3 is 0 Å². The molecule has 1 aliphatic rings. The molecule has 1 aliphatic carbocycles. The fraction of sp³-hybridized carbons (Fsp3) is 0.562. The number of hydrogen-bond donors (Lipinski definition) is 1. The first-order valence-electron chi connectivity index (χ1n) is 7.11. The summed E-state index contributed by atoms with van der Waals surface area (Å²) in [6, 6.07) is 9.65. The van der Waals surface area contributed by atoms with Crippen LogP contribution >= 0.6 is 0 Å². The normalized spacial score (nSPS) is 15.1. The van der Waals surface area contributed by atoms with E-state index in [-0.39, 0.29) is 0 Å². The predicted molar refractivity (Wildman–Crippen MR) is 79.2 cm³/mol. The van der Waals surface area contributed by atoms with Crippen LogP contribution in [0, 0.1) is 11.3 Å². The number of anilines is 1. The Bertz CT molecular complexity index is 469. The van der Waals surface area contributed by atoms with Gasteiger partial charge < -0.3 is 10.2 Å². The molecule has 1 aromatic rings. The lowest BCUT2D eigenvalue weighted by atomic mass is 9.91. The van der Waals surface area contributed by atoms with Gasteiger partial charge in [0, 0.05) is 25.7 Å². The van der Waals surface area contributed by atoms with Crippen molar-refractivity contribution in [3.63, 3.8) is 0 Å². The zero-order valence-corrected chi connectivity index (χ0v) is 12.1. The van der Waals surface area contributed by atoms with Crippen LogP contribution in [-0.2, 0) is 6.54 Å². The molecule has 102 valence electrons. The van der Waals surface area contributed by atoms with Crippen LogP contribution in [0.15, 0.2) is 18.2 Å². The van der Waals surface area contributed by atoms with Gasteiger partial charge in [-0.3, -0.25) is 0 Å². The first kappa shape index (κ1) is 13.9. The summed E-state index contributed by atoms with van der Waals surface area (Å²) in [6.45, 7) is 5.08. The number of nitrogens with zero attached hydrogens (tertiary/aromatic N) is 2. The summed E-state index contributed by atoms with van der Waals surface area (Å²) in [5.41, 5.74) is 3.04. The van der Waals surface area contributed by atoms with E-state index in [2.05, 4.69) is 49.3 Å². The second kappa shape index (κ2) is 6.08. The average Bonchev–Trinajstić information content (AvgIpc) is 2.33. The molecule has 3 heteroatoms. The Hall–Kier alpha value is -1.53. The highest BCUT2D eigenvalue weighted by molar-refractivity contribution is 5.60. The lowest BCUT2D eigenvalue weighted by molar-refractivity contribution is 0.401. The SMILES string of the molecule is CC(C)NCc1ccc(N(C)C2CCC2)c(C#N)c1. The second-order valence-electron chi connectivity index (χ2n) is 5.69. The second-order valence-corrected chi connectivity index (χ2v) is 5.69. The monoisotopic (exact) mass is 257 g/mol. The van der Waals surface area contributed by atoms with Crippen molar-refractivity contribution in [2.45, 2.75) is 51.7 Å². The van der Waals surface area contributed by atoms with Gasteiger partial charge in [-0.2, -0.15) is 5.26 Å². The number of nitriles is 1. The van der Waals surface area contributed by atoms with Crippen molar-refractivity contribution in [3.05, 3.63) is 29.3 Å². The van der Waals surface area contributed by atoms with Gasteiger partial charge in [0.1, 0.15) is 6.07 Å². The highest BCUT2D eigenvalue weighted by Crippen LogP contribution is 2.30. The Kier molecular flexibility index (Phi) is 4.44. The van der Waals surface area contributed by atoms with Crippen molar-refractivity contribution in [1.29, 1.82) is 5.26 Å². The van der Waals surface area contributed by atoms with E-state index in [1.54, 1.807) is 0 Å². The minimum absolute atomic E-state index is 0.461. The third-order valence-electron chi connectivity index (χ3n) is 3.90. The molecule has 0 bridgehead atoms.